The summed E-state index contributed by atoms with van der Waals surface area (Å²) in [4.78, 5) is 8.90. The number of hydrogen-bond donors (Lipinski definition) is 4. The first-order chi connectivity index (χ1) is 6.71. The maximum atomic E-state index is 10.6. The first kappa shape index (κ1) is 14.1. The van der Waals surface area contributed by atoms with Gasteiger partial charge in [-0.05, 0) is 7.05 Å². The highest BCUT2D eigenvalue weighted by molar-refractivity contribution is 5.73. The summed E-state index contributed by atoms with van der Waals surface area (Å²) >= 11 is 0. The lowest BCUT2D eigenvalue weighted by Crippen LogP contribution is -2.63. The third kappa shape index (κ3) is 5.55. The second-order valence-corrected chi connectivity index (χ2v) is 3.16. The van der Waals surface area contributed by atoms with E-state index < -0.39 is 17.7 Å². The van der Waals surface area contributed by atoms with Crippen molar-refractivity contribution in [3.8, 4) is 0 Å². The maximum Gasteiger partial charge on any atom is 0.490 e. The number of likely N-dealkylation sites (N-methyl/N-ethyl adjacent to an activating group) is 1. The molecule has 1 heterocycles. The van der Waals surface area contributed by atoms with E-state index in [2.05, 4.69) is 10.6 Å². The topological polar surface area (TPSA) is 81.6 Å². The van der Waals surface area contributed by atoms with Gasteiger partial charge in [0.25, 0.3) is 0 Å². The van der Waals surface area contributed by atoms with Crippen LogP contribution in [0.5, 0.6) is 0 Å². The van der Waals surface area contributed by atoms with Gasteiger partial charge < -0.3 is 20.8 Å². The van der Waals surface area contributed by atoms with Gasteiger partial charge in [-0.1, -0.05) is 0 Å². The first-order valence-electron chi connectivity index (χ1n) is 4.09. The summed E-state index contributed by atoms with van der Waals surface area (Å²) in [5, 5.41) is 22.3. The maximum absolute atomic E-state index is 10.6. The standard InChI is InChI=1S/C5H12N2O.C2HF3O2/c1-6-2-5(8)3-7-4-5;3-2(4,5)1(6)7/h6-8H,2-4H2,1H3;(H,6,7). The monoisotopic (exact) mass is 230 g/mol. The van der Waals surface area contributed by atoms with Crippen molar-refractivity contribution >= 4 is 5.97 Å². The van der Waals surface area contributed by atoms with Gasteiger partial charge in [-0.15, -0.1) is 0 Å². The number of β-amino-alcohol motifs (C(OH)–C–C–N with tert-alkyl or cyclic N) is 1. The number of rotatable bonds is 2. The number of hydrogen-bond acceptors (Lipinski definition) is 4. The minimum absolute atomic E-state index is 0.450. The van der Waals surface area contributed by atoms with Crippen LogP contribution in [0.2, 0.25) is 0 Å². The van der Waals surface area contributed by atoms with Crippen LogP contribution >= 0.6 is 0 Å². The van der Waals surface area contributed by atoms with Crippen LogP contribution in [-0.4, -0.2) is 54.6 Å². The van der Waals surface area contributed by atoms with Gasteiger partial charge >= 0.3 is 12.1 Å². The Balaban J connectivity index is 0.000000265. The fourth-order valence-electron chi connectivity index (χ4n) is 0.868. The minimum atomic E-state index is -5.08. The lowest BCUT2D eigenvalue weighted by Gasteiger charge is -2.37. The smallest absolute Gasteiger partial charge is 0.475 e. The Bertz CT molecular complexity index is 216. The van der Waals surface area contributed by atoms with Crippen LogP contribution < -0.4 is 10.6 Å². The van der Waals surface area contributed by atoms with Crippen LogP contribution in [0.3, 0.4) is 0 Å². The Labute approximate surface area is 84.3 Å². The molecule has 0 saturated carbocycles. The molecule has 1 aliphatic heterocycles. The predicted octanol–water partition coefficient (Wildman–Crippen LogP) is -0.827. The number of aliphatic hydroxyl groups is 1. The van der Waals surface area contributed by atoms with Crippen LogP contribution in [0.4, 0.5) is 13.2 Å². The van der Waals surface area contributed by atoms with E-state index in [1.807, 2.05) is 7.05 Å². The van der Waals surface area contributed by atoms with Gasteiger partial charge in [0.1, 0.15) is 5.60 Å². The largest absolute Gasteiger partial charge is 0.490 e. The van der Waals surface area contributed by atoms with Gasteiger partial charge in [-0.2, -0.15) is 13.2 Å². The molecule has 5 nitrogen and oxygen atoms in total. The van der Waals surface area contributed by atoms with Crippen molar-refractivity contribution in [2.75, 3.05) is 26.7 Å². The van der Waals surface area contributed by atoms with Crippen LogP contribution in [-0.2, 0) is 4.79 Å². The highest BCUT2D eigenvalue weighted by Gasteiger charge is 2.38. The lowest BCUT2D eigenvalue weighted by molar-refractivity contribution is -0.192. The van der Waals surface area contributed by atoms with E-state index in [-0.39, 0.29) is 0 Å². The molecular formula is C7H13F3N2O3. The average Bonchev–Trinajstić information content (AvgIpc) is 2.01. The molecule has 1 saturated heterocycles. The van der Waals surface area contributed by atoms with Crippen molar-refractivity contribution in [3.63, 3.8) is 0 Å². The Morgan fingerprint density at radius 3 is 2.00 bits per heavy atom. The number of aliphatic carboxylic acids is 1. The Morgan fingerprint density at radius 1 is 1.53 bits per heavy atom. The molecule has 90 valence electrons. The molecule has 0 atom stereocenters. The number of carbonyl (C=O) groups is 1. The van der Waals surface area contributed by atoms with Crippen LogP contribution in [0.1, 0.15) is 0 Å². The number of alkyl halides is 3. The summed E-state index contributed by atoms with van der Waals surface area (Å²) in [6, 6.07) is 0. The highest BCUT2D eigenvalue weighted by atomic mass is 19.4. The molecule has 4 N–H and O–H groups in total. The van der Waals surface area contributed by atoms with E-state index in [9.17, 15) is 18.3 Å². The third-order valence-electron chi connectivity index (χ3n) is 1.66. The van der Waals surface area contributed by atoms with Crippen molar-refractivity contribution in [3.05, 3.63) is 0 Å². The van der Waals surface area contributed by atoms with Crippen molar-refractivity contribution < 1.29 is 28.2 Å². The molecule has 8 heteroatoms. The van der Waals surface area contributed by atoms with E-state index in [4.69, 9.17) is 9.90 Å². The molecule has 0 aliphatic carbocycles. The molecule has 0 aromatic carbocycles. The fourth-order valence-corrected chi connectivity index (χ4v) is 0.868. The predicted molar refractivity (Wildman–Crippen MR) is 45.4 cm³/mol. The molecule has 0 aromatic rings. The molecule has 1 rings (SSSR count). The zero-order valence-corrected chi connectivity index (χ0v) is 8.06. The van der Waals surface area contributed by atoms with Gasteiger partial charge in [0.2, 0.25) is 0 Å². The lowest BCUT2D eigenvalue weighted by atomic mass is 9.98. The van der Waals surface area contributed by atoms with Gasteiger partial charge in [0.05, 0.1) is 0 Å². The van der Waals surface area contributed by atoms with Crippen LogP contribution in [0.15, 0.2) is 0 Å². The molecular weight excluding hydrogens is 217 g/mol. The molecule has 0 unspecified atom stereocenters. The molecule has 0 bridgehead atoms. The van der Waals surface area contributed by atoms with Crippen LogP contribution in [0, 0.1) is 0 Å². The molecule has 1 aliphatic rings. The second kappa shape index (κ2) is 5.29. The summed E-state index contributed by atoms with van der Waals surface area (Å²) in [5.74, 6) is -2.76. The number of carboxylic acid groups (broad SMARTS) is 1. The molecule has 0 radical (unpaired) electrons. The fraction of sp³-hybridized carbons (Fsp3) is 0.857. The Morgan fingerprint density at radius 2 is 1.93 bits per heavy atom. The van der Waals surface area contributed by atoms with E-state index >= 15 is 0 Å². The van der Waals surface area contributed by atoms with Crippen molar-refractivity contribution in [1.82, 2.24) is 10.6 Å². The highest BCUT2D eigenvalue weighted by Crippen LogP contribution is 2.13. The van der Waals surface area contributed by atoms with E-state index in [1.54, 1.807) is 0 Å². The minimum Gasteiger partial charge on any atom is -0.475 e. The normalized spacial score (nSPS) is 18.5. The quantitative estimate of drug-likeness (QED) is 0.498. The van der Waals surface area contributed by atoms with Crippen molar-refractivity contribution in [2.45, 2.75) is 11.8 Å². The van der Waals surface area contributed by atoms with Crippen molar-refractivity contribution in [1.29, 1.82) is 0 Å². The van der Waals surface area contributed by atoms with Crippen molar-refractivity contribution in [2.24, 2.45) is 0 Å². The zero-order valence-electron chi connectivity index (χ0n) is 8.06. The van der Waals surface area contributed by atoms with Crippen LogP contribution in [0.25, 0.3) is 0 Å². The molecule has 1 fully saturated rings. The number of nitrogens with one attached hydrogen (secondary N) is 2. The van der Waals surface area contributed by atoms with Gasteiger partial charge in [0, 0.05) is 19.6 Å². The summed E-state index contributed by atoms with van der Waals surface area (Å²) in [6.45, 7) is 2.15. The van der Waals surface area contributed by atoms with Gasteiger partial charge in [0.15, 0.2) is 0 Å². The van der Waals surface area contributed by atoms with E-state index in [1.165, 1.54) is 0 Å². The first-order valence-corrected chi connectivity index (χ1v) is 4.09. The SMILES string of the molecule is CNCC1(O)CNC1.O=C(O)C(F)(F)F. The number of halogens is 3. The molecule has 0 spiro atoms. The summed E-state index contributed by atoms with van der Waals surface area (Å²) in [6.07, 6.45) is -5.08. The zero-order chi connectivity index (χ0) is 12.1. The summed E-state index contributed by atoms with van der Waals surface area (Å²) in [5.41, 5.74) is -0.450. The molecule has 0 aromatic heterocycles. The molecule has 15 heavy (non-hydrogen) atoms. The van der Waals surface area contributed by atoms with Gasteiger partial charge in [-0.3, -0.25) is 0 Å². The third-order valence-corrected chi connectivity index (χ3v) is 1.66. The van der Waals surface area contributed by atoms with Gasteiger partial charge in [-0.25, -0.2) is 4.79 Å². The van der Waals surface area contributed by atoms with E-state index in [0.29, 0.717) is 6.54 Å². The summed E-state index contributed by atoms with van der Waals surface area (Å²) < 4.78 is 31.7. The average molecular weight is 230 g/mol. The second-order valence-electron chi connectivity index (χ2n) is 3.16. The number of carboxylic acids is 1. The Kier molecular flexibility index (Phi) is 4.98. The Hall–Kier alpha value is -0.860. The molecule has 0 amide bonds. The summed E-state index contributed by atoms with van der Waals surface area (Å²) in [7, 11) is 1.84. The van der Waals surface area contributed by atoms with E-state index in [0.717, 1.165) is 13.1 Å².